The summed E-state index contributed by atoms with van der Waals surface area (Å²) in [4.78, 5) is 1.20. The van der Waals surface area contributed by atoms with E-state index in [9.17, 15) is 6.48 Å². The van der Waals surface area contributed by atoms with E-state index in [1.165, 1.54) is 17.1 Å². The maximum absolute atomic E-state index is 10.8. The smallest absolute Gasteiger partial charge is 0.165 e. The lowest BCUT2D eigenvalue weighted by molar-refractivity contribution is -0.0453. The fourth-order valence-electron chi connectivity index (χ4n) is 4.43. The maximum atomic E-state index is 10.8. The topological polar surface area (TPSA) is 41.9 Å². The van der Waals surface area contributed by atoms with E-state index in [0.29, 0.717) is 0 Å². The van der Waals surface area contributed by atoms with Crippen LogP contribution in [-0.4, -0.2) is 48.8 Å². The van der Waals surface area contributed by atoms with Gasteiger partial charge in [0, 0.05) is 28.4 Å². The zero-order valence-corrected chi connectivity index (χ0v) is 11.6. The van der Waals surface area contributed by atoms with E-state index in [1.807, 2.05) is 0 Å². The second kappa shape index (κ2) is 4.06. The van der Waals surface area contributed by atoms with Crippen LogP contribution in [-0.2, 0) is 11.8 Å². The van der Waals surface area contributed by atoms with Crippen molar-refractivity contribution in [2.24, 2.45) is 5.89 Å². The molecular formula is C18H21NO3. The molecule has 2 bridgehead atoms. The van der Waals surface area contributed by atoms with Gasteiger partial charge in [-0.05, 0) is 38.0 Å². The van der Waals surface area contributed by atoms with Gasteiger partial charge in [0.25, 0.3) is 0 Å². The number of benzene rings is 1. The third-order valence-electron chi connectivity index (χ3n) is 5.30. The summed E-state index contributed by atoms with van der Waals surface area (Å²) in [7, 11) is -2.96. The Morgan fingerprint density at radius 2 is 2.50 bits per heavy atom. The van der Waals surface area contributed by atoms with Crippen molar-refractivity contribution < 1.29 is 28.3 Å². The molecule has 0 saturated carbocycles. The minimum absolute atomic E-state index is 0.0172. The Hall–Kier alpha value is -1.52. The first-order chi connectivity index (χ1) is 14.6. The van der Waals surface area contributed by atoms with Crippen LogP contribution in [0.25, 0.3) is 0 Å². The number of ether oxygens (including phenoxy) is 2. The molecule has 0 aromatic heterocycles. The van der Waals surface area contributed by atoms with E-state index < -0.39 is 55.3 Å². The van der Waals surface area contributed by atoms with Gasteiger partial charge in [0.05, 0.1) is 15.3 Å². The highest BCUT2D eigenvalue weighted by atomic mass is 16.5. The quantitative estimate of drug-likeness (QED) is 0.798. The highest BCUT2D eigenvalue weighted by Crippen LogP contribution is 2.62. The summed E-state index contributed by atoms with van der Waals surface area (Å²) < 4.78 is 92.7. The van der Waals surface area contributed by atoms with E-state index in [-0.39, 0.29) is 42.3 Å². The first-order valence-electron chi connectivity index (χ1n) is 12.3. The predicted molar refractivity (Wildman–Crippen MR) is 82.5 cm³/mol. The molecule has 2 unspecified atom stereocenters. The zero-order chi connectivity index (χ0) is 23.6. The van der Waals surface area contributed by atoms with E-state index in [4.69, 9.17) is 21.8 Å². The van der Waals surface area contributed by atoms with Crippen molar-refractivity contribution in [3.05, 3.63) is 35.4 Å². The van der Waals surface area contributed by atoms with Gasteiger partial charge in [-0.2, -0.15) is 0 Å². The molecule has 4 nitrogen and oxygen atoms in total. The molecule has 0 radical (unpaired) electrons. The van der Waals surface area contributed by atoms with Crippen LogP contribution in [0.2, 0.25) is 0 Å². The highest BCUT2D eigenvalue weighted by Gasteiger charge is 2.64. The van der Waals surface area contributed by atoms with Crippen LogP contribution in [0.1, 0.15) is 31.3 Å². The summed E-state index contributed by atoms with van der Waals surface area (Å²) in [6, 6.07) is -1.90. The molecule has 5 rings (SSSR count). The molecule has 1 aromatic rings. The first kappa shape index (κ1) is 6.54. The van der Waals surface area contributed by atoms with Crippen molar-refractivity contribution >= 4 is 0 Å². The lowest BCUT2D eigenvalue weighted by atomic mass is 9.53. The summed E-state index contributed by atoms with van der Waals surface area (Å²) in [6.07, 6.45) is -1.20. The van der Waals surface area contributed by atoms with Crippen LogP contribution in [0, 0.1) is 5.89 Å². The molecule has 1 N–H and O–H groups in total. The lowest BCUT2D eigenvalue weighted by Crippen LogP contribution is -2.64. The van der Waals surface area contributed by atoms with Gasteiger partial charge in [0.15, 0.2) is 11.5 Å². The summed E-state index contributed by atoms with van der Waals surface area (Å²) >= 11 is 0. The Labute approximate surface area is 144 Å². The first-order valence-corrected chi connectivity index (χ1v) is 7.27. The van der Waals surface area contributed by atoms with E-state index in [2.05, 4.69) is 0 Å². The van der Waals surface area contributed by atoms with Crippen LogP contribution < -0.4 is 9.47 Å². The zero-order valence-electron chi connectivity index (χ0n) is 21.6. The van der Waals surface area contributed by atoms with Crippen LogP contribution >= 0.6 is 0 Å². The molecule has 0 amide bonds. The van der Waals surface area contributed by atoms with E-state index in [1.54, 1.807) is 0 Å². The monoisotopic (exact) mass is 309 g/mol. The Morgan fingerprint density at radius 1 is 1.55 bits per heavy atom. The minimum Gasteiger partial charge on any atom is -0.493 e. The Balaban J connectivity index is 1.87. The fourth-order valence-corrected chi connectivity index (χ4v) is 4.43. The summed E-state index contributed by atoms with van der Waals surface area (Å²) in [5, 5.41) is 10.8. The van der Waals surface area contributed by atoms with Crippen molar-refractivity contribution in [3.8, 4) is 11.5 Å². The minimum atomic E-state index is -2.96. The predicted octanol–water partition coefficient (Wildman–Crippen LogP) is 1.50. The molecule has 1 aromatic carbocycles. The average molecular weight is 309 g/mol. The van der Waals surface area contributed by atoms with Crippen LogP contribution in [0.15, 0.2) is 24.2 Å². The van der Waals surface area contributed by atoms with Crippen molar-refractivity contribution in [2.75, 3.05) is 20.6 Å². The Kier molecular flexibility index (Phi) is 1.21. The van der Waals surface area contributed by atoms with Gasteiger partial charge < -0.3 is 19.5 Å². The Bertz CT molecular complexity index is 1060. The number of likely N-dealkylation sites (N-methyl/N-ethyl adjacent to an activating group) is 1. The molecule has 2 heterocycles. The van der Waals surface area contributed by atoms with Crippen molar-refractivity contribution in [3.63, 3.8) is 0 Å². The molecular weight excluding hydrogens is 278 g/mol. The van der Waals surface area contributed by atoms with Gasteiger partial charge >= 0.3 is 0 Å². The number of likely N-dealkylation sites (tertiary alicyclic amines) is 1. The van der Waals surface area contributed by atoms with Gasteiger partial charge in [-0.1, -0.05) is 18.2 Å². The summed E-state index contributed by atoms with van der Waals surface area (Å²) in [5.41, 5.74) is -1.16. The SMILES string of the molecule is [2H]c1c([2H])c(OC([2H])([2H])[2H])c2c3c1C[C@H]1N(C([2H])([2H])[2H])CC[C@@]34C([2H])(O2)C(O)C=C[C@@]14[2H]. The number of hydrogen-bond donors (Lipinski definition) is 1. The van der Waals surface area contributed by atoms with Crippen molar-refractivity contribution in [1.29, 1.82) is 0 Å². The molecule has 4 heteroatoms. The molecule has 22 heavy (non-hydrogen) atoms. The molecule has 2 aliphatic carbocycles. The molecule has 2 aliphatic heterocycles. The van der Waals surface area contributed by atoms with Crippen LogP contribution in [0.4, 0.5) is 0 Å². The second-order valence-electron chi connectivity index (χ2n) is 6.16. The van der Waals surface area contributed by atoms with Gasteiger partial charge in [-0.25, -0.2) is 0 Å². The van der Waals surface area contributed by atoms with E-state index >= 15 is 0 Å². The van der Waals surface area contributed by atoms with E-state index in [0.717, 1.165) is 0 Å². The Morgan fingerprint density at radius 3 is 3.36 bits per heavy atom. The molecule has 116 valence electrons. The van der Waals surface area contributed by atoms with Crippen LogP contribution in [0.3, 0.4) is 0 Å². The largest absolute Gasteiger partial charge is 0.493 e. The number of hydrogen-bond acceptors (Lipinski definition) is 4. The molecule has 1 fully saturated rings. The van der Waals surface area contributed by atoms with Gasteiger partial charge in [0.2, 0.25) is 0 Å². The molecule has 1 spiro atoms. The second-order valence-corrected chi connectivity index (χ2v) is 6.16. The average Bonchev–Trinajstić information content (AvgIpc) is 2.91. The summed E-state index contributed by atoms with van der Waals surface area (Å²) in [5.74, 6) is -2.48. The van der Waals surface area contributed by atoms with Gasteiger partial charge in [-0.15, -0.1) is 0 Å². The number of nitrogens with zero attached hydrogens (tertiary/aromatic N) is 1. The van der Waals surface area contributed by atoms with Crippen LogP contribution in [0.5, 0.6) is 11.5 Å². The number of rotatable bonds is 1. The molecule has 4 aliphatic rings. The lowest BCUT2D eigenvalue weighted by Gasteiger charge is -2.56. The van der Waals surface area contributed by atoms with Crippen molar-refractivity contribution in [2.45, 2.75) is 36.5 Å². The normalized spacial score (nSPS) is 55.5. The van der Waals surface area contributed by atoms with Gasteiger partial charge in [0.1, 0.15) is 12.2 Å². The number of methoxy groups -OCH3 is 1. The fraction of sp³-hybridized carbons (Fsp3) is 0.556. The number of aliphatic hydroxyl groups is 1. The number of aliphatic hydroxyl groups excluding tert-OH is 1. The standard InChI is InChI=1S/C18H21NO3/c1-19-8-7-18-11-4-5-13(20)17(18)22-16-14(21-2)6-3-10(15(16)18)9-12(11)19/h3-6,11-13,17,20H,7-9H2,1-2H3/t11-,12+,13?,17?,18-/m0/s1/i1D3,2D3,3D,6D,11D,17D. The maximum Gasteiger partial charge on any atom is 0.165 e. The third-order valence-corrected chi connectivity index (χ3v) is 5.30. The van der Waals surface area contributed by atoms with Crippen molar-refractivity contribution in [1.82, 2.24) is 4.90 Å². The number of piperidine rings is 1. The molecule has 1 saturated heterocycles. The third kappa shape index (κ3) is 1.28. The van der Waals surface area contributed by atoms with Gasteiger partial charge in [-0.3, -0.25) is 0 Å². The summed E-state index contributed by atoms with van der Waals surface area (Å²) in [6.45, 7) is -2.55. The molecule has 5 atom stereocenters. The highest BCUT2D eigenvalue weighted by molar-refractivity contribution is 5.62.